The van der Waals surface area contributed by atoms with E-state index in [0.717, 1.165) is 23.9 Å². The van der Waals surface area contributed by atoms with Crippen molar-refractivity contribution >= 4 is 33.6 Å². The molecule has 0 bridgehead atoms. The van der Waals surface area contributed by atoms with Crippen molar-refractivity contribution in [3.05, 3.63) is 22.8 Å². The highest BCUT2D eigenvalue weighted by atomic mass is 79.9. The largest absolute Gasteiger partial charge is 0.376 e. The molecule has 1 unspecified atom stereocenters. The molecule has 1 fully saturated rings. The first-order valence-corrected chi connectivity index (χ1v) is 6.77. The number of pyridine rings is 1. The lowest BCUT2D eigenvalue weighted by Crippen LogP contribution is -2.39. The van der Waals surface area contributed by atoms with Crippen molar-refractivity contribution < 1.29 is 14.3 Å². The first kappa shape index (κ1) is 14.0. The summed E-state index contributed by atoms with van der Waals surface area (Å²) in [6.07, 6.45) is 3.47. The highest BCUT2D eigenvalue weighted by Crippen LogP contribution is 2.11. The Morgan fingerprint density at radius 1 is 1.42 bits per heavy atom. The molecule has 0 aliphatic carbocycles. The fraction of sp³-hybridized carbons (Fsp3) is 0.417. The maximum absolute atomic E-state index is 11.6. The molecule has 1 aliphatic rings. The molecule has 2 amide bonds. The van der Waals surface area contributed by atoms with Gasteiger partial charge in [-0.3, -0.25) is 9.59 Å². The molecular weight excluding hydrogens is 314 g/mol. The Balaban J connectivity index is 1.78. The van der Waals surface area contributed by atoms with Gasteiger partial charge in [0.1, 0.15) is 5.82 Å². The number of amides is 2. The van der Waals surface area contributed by atoms with Crippen LogP contribution in [0.1, 0.15) is 12.8 Å². The van der Waals surface area contributed by atoms with Crippen LogP contribution in [-0.4, -0.2) is 36.1 Å². The Morgan fingerprint density at radius 3 is 2.89 bits per heavy atom. The summed E-state index contributed by atoms with van der Waals surface area (Å²) in [5, 5.41) is 4.96. The van der Waals surface area contributed by atoms with Crippen LogP contribution in [0.2, 0.25) is 0 Å². The number of halogens is 1. The average Bonchev–Trinajstić information content (AvgIpc) is 2.91. The van der Waals surface area contributed by atoms with E-state index in [4.69, 9.17) is 4.74 Å². The number of hydrogen-bond donors (Lipinski definition) is 2. The van der Waals surface area contributed by atoms with E-state index in [1.807, 2.05) is 0 Å². The van der Waals surface area contributed by atoms with Gasteiger partial charge in [-0.1, -0.05) is 0 Å². The highest BCUT2D eigenvalue weighted by molar-refractivity contribution is 9.10. The van der Waals surface area contributed by atoms with Crippen LogP contribution in [0, 0.1) is 0 Å². The predicted molar refractivity (Wildman–Crippen MR) is 72.6 cm³/mol. The lowest BCUT2D eigenvalue weighted by molar-refractivity contribution is -0.136. The molecule has 1 saturated heterocycles. The number of aromatic nitrogens is 1. The lowest BCUT2D eigenvalue weighted by atomic mass is 10.2. The number of nitrogens with one attached hydrogen (secondary N) is 2. The Bertz CT molecular complexity index is 458. The zero-order chi connectivity index (χ0) is 13.7. The molecule has 0 saturated carbocycles. The van der Waals surface area contributed by atoms with Crippen LogP contribution in [0.5, 0.6) is 0 Å². The van der Waals surface area contributed by atoms with Gasteiger partial charge in [0.15, 0.2) is 0 Å². The number of rotatable bonds is 3. The Kier molecular flexibility index (Phi) is 4.86. The van der Waals surface area contributed by atoms with Gasteiger partial charge in [-0.05, 0) is 40.9 Å². The lowest BCUT2D eigenvalue weighted by Gasteiger charge is -2.10. The summed E-state index contributed by atoms with van der Waals surface area (Å²) in [6, 6.07) is 3.34. The van der Waals surface area contributed by atoms with Gasteiger partial charge < -0.3 is 15.4 Å². The van der Waals surface area contributed by atoms with E-state index in [0.29, 0.717) is 12.4 Å². The van der Waals surface area contributed by atoms with Gasteiger partial charge in [0.2, 0.25) is 0 Å². The Hall–Kier alpha value is -1.47. The van der Waals surface area contributed by atoms with Crippen molar-refractivity contribution in [3.63, 3.8) is 0 Å². The van der Waals surface area contributed by atoms with Gasteiger partial charge in [0.25, 0.3) is 0 Å². The molecule has 0 aromatic carbocycles. The van der Waals surface area contributed by atoms with Crippen LogP contribution in [0.3, 0.4) is 0 Å². The molecule has 2 N–H and O–H groups in total. The van der Waals surface area contributed by atoms with Gasteiger partial charge >= 0.3 is 11.8 Å². The second-order valence-electron chi connectivity index (χ2n) is 4.16. The third-order valence-corrected chi connectivity index (χ3v) is 3.16. The number of nitrogens with zero attached hydrogens (tertiary/aromatic N) is 1. The maximum atomic E-state index is 11.6. The molecule has 102 valence electrons. The first-order valence-electron chi connectivity index (χ1n) is 5.97. The molecule has 0 spiro atoms. The quantitative estimate of drug-likeness (QED) is 0.814. The van der Waals surface area contributed by atoms with Gasteiger partial charge in [-0.25, -0.2) is 4.98 Å². The van der Waals surface area contributed by atoms with Gasteiger partial charge in [-0.2, -0.15) is 0 Å². The normalized spacial score (nSPS) is 18.1. The van der Waals surface area contributed by atoms with Gasteiger partial charge in [0.05, 0.1) is 6.10 Å². The number of carbonyl (C=O) groups is 2. The standard InChI is InChI=1S/C12H14BrN3O3/c13-8-3-4-10(14-6-8)16-12(18)11(17)15-7-9-2-1-5-19-9/h3-4,6,9H,1-2,5,7H2,(H,15,17)(H,14,16,18). The summed E-state index contributed by atoms with van der Waals surface area (Å²) >= 11 is 3.23. The molecule has 7 heteroatoms. The summed E-state index contributed by atoms with van der Waals surface area (Å²) < 4.78 is 6.15. The topological polar surface area (TPSA) is 80.3 Å². The molecule has 19 heavy (non-hydrogen) atoms. The first-order chi connectivity index (χ1) is 9.15. The summed E-state index contributed by atoms with van der Waals surface area (Å²) in [5.74, 6) is -1.08. The minimum absolute atomic E-state index is 0.0163. The van der Waals surface area contributed by atoms with E-state index < -0.39 is 11.8 Å². The fourth-order valence-electron chi connectivity index (χ4n) is 1.71. The van der Waals surface area contributed by atoms with E-state index in [-0.39, 0.29) is 6.10 Å². The summed E-state index contributed by atoms with van der Waals surface area (Å²) in [5.41, 5.74) is 0. The smallest absolute Gasteiger partial charge is 0.314 e. The highest BCUT2D eigenvalue weighted by Gasteiger charge is 2.19. The van der Waals surface area contributed by atoms with Crippen LogP contribution >= 0.6 is 15.9 Å². The van der Waals surface area contributed by atoms with Crippen LogP contribution in [0.25, 0.3) is 0 Å². The molecule has 6 nitrogen and oxygen atoms in total. The Morgan fingerprint density at radius 2 is 2.26 bits per heavy atom. The molecule has 2 heterocycles. The molecule has 2 rings (SSSR count). The van der Waals surface area contributed by atoms with Crippen molar-refractivity contribution in [2.24, 2.45) is 0 Å². The SMILES string of the molecule is O=C(NCC1CCCO1)C(=O)Nc1ccc(Br)cn1. The van der Waals surface area contributed by atoms with E-state index in [2.05, 4.69) is 31.5 Å². The Labute approximate surface area is 119 Å². The van der Waals surface area contributed by atoms with Crippen molar-refractivity contribution in [2.45, 2.75) is 18.9 Å². The van der Waals surface area contributed by atoms with Crippen molar-refractivity contribution in [3.8, 4) is 0 Å². The zero-order valence-corrected chi connectivity index (χ0v) is 11.8. The third-order valence-electron chi connectivity index (χ3n) is 2.69. The number of anilines is 1. The number of hydrogen-bond acceptors (Lipinski definition) is 4. The summed E-state index contributed by atoms with van der Waals surface area (Å²) in [6.45, 7) is 1.08. The number of ether oxygens (including phenoxy) is 1. The molecule has 1 aromatic rings. The molecule has 0 radical (unpaired) electrons. The summed E-state index contributed by atoms with van der Waals surface area (Å²) in [4.78, 5) is 27.1. The molecule has 1 aromatic heterocycles. The molecule has 1 aliphatic heterocycles. The van der Waals surface area contributed by atoms with Gasteiger partial charge in [-0.15, -0.1) is 0 Å². The predicted octanol–water partition coefficient (Wildman–Crippen LogP) is 1.08. The summed E-state index contributed by atoms with van der Waals surface area (Å²) in [7, 11) is 0. The van der Waals surface area contributed by atoms with E-state index >= 15 is 0 Å². The zero-order valence-electron chi connectivity index (χ0n) is 10.2. The fourth-order valence-corrected chi connectivity index (χ4v) is 1.95. The average molecular weight is 328 g/mol. The van der Waals surface area contributed by atoms with E-state index in [1.54, 1.807) is 18.3 Å². The van der Waals surface area contributed by atoms with Crippen molar-refractivity contribution in [1.29, 1.82) is 0 Å². The van der Waals surface area contributed by atoms with Crippen LogP contribution in [0.4, 0.5) is 5.82 Å². The van der Waals surface area contributed by atoms with Gasteiger partial charge in [0, 0.05) is 23.8 Å². The molecule has 1 atom stereocenters. The van der Waals surface area contributed by atoms with Crippen LogP contribution in [0.15, 0.2) is 22.8 Å². The van der Waals surface area contributed by atoms with E-state index in [1.165, 1.54) is 0 Å². The van der Waals surface area contributed by atoms with Crippen molar-refractivity contribution in [2.75, 3.05) is 18.5 Å². The monoisotopic (exact) mass is 327 g/mol. The minimum Gasteiger partial charge on any atom is -0.376 e. The van der Waals surface area contributed by atoms with Crippen LogP contribution in [-0.2, 0) is 14.3 Å². The third kappa shape index (κ3) is 4.29. The minimum atomic E-state index is -0.729. The molecular formula is C12H14BrN3O3. The second-order valence-corrected chi connectivity index (χ2v) is 5.08. The number of carbonyl (C=O) groups excluding carboxylic acids is 2. The second kappa shape index (κ2) is 6.63. The van der Waals surface area contributed by atoms with Crippen LogP contribution < -0.4 is 10.6 Å². The van der Waals surface area contributed by atoms with Crippen molar-refractivity contribution in [1.82, 2.24) is 10.3 Å². The van der Waals surface area contributed by atoms with E-state index in [9.17, 15) is 9.59 Å². The maximum Gasteiger partial charge on any atom is 0.314 e.